The van der Waals surface area contributed by atoms with Gasteiger partial charge >= 0.3 is 11.9 Å². The lowest BCUT2D eigenvalue weighted by atomic mass is 9.44. The molecule has 0 radical (unpaired) electrons. The summed E-state index contributed by atoms with van der Waals surface area (Å²) >= 11 is 0. The molecule has 1 N–H and O–H groups in total. The number of carbonyl (C=O) groups excluding carboxylic acids is 2. The van der Waals surface area contributed by atoms with Crippen molar-refractivity contribution in [2.45, 2.75) is 98.0 Å². The van der Waals surface area contributed by atoms with Gasteiger partial charge in [-0.1, -0.05) is 20.8 Å². The molecule has 0 spiro atoms. The molecule has 9 atom stereocenters. The lowest BCUT2D eigenvalue weighted by Crippen LogP contribution is -2.58. The van der Waals surface area contributed by atoms with Crippen molar-refractivity contribution in [1.82, 2.24) is 0 Å². The molecule has 174 valence electrons. The Bertz CT molecular complexity index is 746. The van der Waals surface area contributed by atoms with Crippen molar-refractivity contribution < 1.29 is 24.2 Å². The van der Waals surface area contributed by atoms with E-state index in [1.54, 1.807) is 0 Å². The van der Waals surface area contributed by atoms with Crippen LogP contribution in [0.4, 0.5) is 0 Å². The topological polar surface area (TPSA) is 80.7 Å². The molecular weight excluding hydrogens is 392 g/mol. The molecule has 4 rings (SSSR count). The molecule has 5 heteroatoms. The summed E-state index contributed by atoms with van der Waals surface area (Å²) in [7, 11) is 0. The standard InChI is InChI=1S/C26H40O5/c1-15(5-10-23(29)30)20-8-9-21-19-7-6-17-13-18(31-16(2)27)11-12-25(17,3)24(19)22(28)14-26(20,21)4/h15,17-21,24H,5-14H2,1-4H3,(H,29,30)/t15-,17?,18?,19+,20-,21+,24-,25+,26-/m1/s1. The number of carboxylic acid groups (broad SMARTS) is 1. The number of hydrogen-bond donors (Lipinski definition) is 1. The van der Waals surface area contributed by atoms with E-state index in [2.05, 4.69) is 20.8 Å². The van der Waals surface area contributed by atoms with Crippen LogP contribution in [0.25, 0.3) is 0 Å². The third kappa shape index (κ3) is 3.84. The highest BCUT2D eigenvalue weighted by Crippen LogP contribution is 2.67. The van der Waals surface area contributed by atoms with Gasteiger partial charge in [0.05, 0.1) is 0 Å². The largest absolute Gasteiger partial charge is 0.481 e. The first-order valence-electron chi connectivity index (χ1n) is 12.5. The third-order valence-electron chi connectivity index (χ3n) is 10.2. The Kier molecular flexibility index (Phi) is 6.02. The zero-order valence-corrected chi connectivity index (χ0v) is 19.7. The molecule has 0 amide bonds. The van der Waals surface area contributed by atoms with Gasteiger partial charge in [-0.3, -0.25) is 14.4 Å². The molecule has 0 heterocycles. The first-order chi connectivity index (χ1) is 14.6. The average molecular weight is 433 g/mol. The van der Waals surface area contributed by atoms with Gasteiger partial charge in [-0.15, -0.1) is 0 Å². The number of esters is 1. The molecule has 0 aromatic carbocycles. The highest BCUT2D eigenvalue weighted by molar-refractivity contribution is 5.84. The molecule has 4 aliphatic carbocycles. The second-order valence-electron chi connectivity index (χ2n) is 11.8. The van der Waals surface area contributed by atoms with Gasteiger partial charge in [-0.25, -0.2) is 0 Å². The summed E-state index contributed by atoms with van der Waals surface area (Å²) in [6, 6.07) is 0. The number of hydrogen-bond acceptors (Lipinski definition) is 4. The van der Waals surface area contributed by atoms with Crippen molar-refractivity contribution in [1.29, 1.82) is 0 Å². The lowest BCUT2D eigenvalue weighted by molar-refractivity contribution is -0.169. The van der Waals surface area contributed by atoms with E-state index in [9.17, 15) is 14.4 Å². The summed E-state index contributed by atoms with van der Waals surface area (Å²) in [4.78, 5) is 36.3. The average Bonchev–Trinajstić information content (AvgIpc) is 3.02. The van der Waals surface area contributed by atoms with E-state index in [-0.39, 0.29) is 35.2 Å². The Morgan fingerprint density at radius 1 is 1.13 bits per heavy atom. The molecule has 31 heavy (non-hydrogen) atoms. The Balaban J connectivity index is 1.53. The quantitative estimate of drug-likeness (QED) is 0.600. The van der Waals surface area contributed by atoms with E-state index in [1.165, 1.54) is 13.3 Å². The summed E-state index contributed by atoms with van der Waals surface area (Å²) in [5, 5.41) is 9.12. The van der Waals surface area contributed by atoms with Gasteiger partial charge < -0.3 is 9.84 Å². The molecule has 0 saturated heterocycles. The molecule has 4 saturated carbocycles. The van der Waals surface area contributed by atoms with Gasteiger partial charge in [0.15, 0.2) is 0 Å². The van der Waals surface area contributed by atoms with E-state index < -0.39 is 5.97 Å². The maximum atomic E-state index is 13.8. The smallest absolute Gasteiger partial charge is 0.303 e. The predicted molar refractivity (Wildman–Crippen MR) is 117 cm³/mol. The molecule has 0 aromatic heterocycles. The van der Waals surface area contributed by atoms with Gasteiger partial charge in [-0.05, 0) is 91.8 Å². The van der Waals surface area contributed by atoms with Crippen LogP contribution in [0.15, 0.2) is 0 Å². The Labute approximate surface area is 186 Å². The fourth-order valence-corrected chi connectivity index (χ4v) is 8.90. The summed E-state index contributed by atoms with van der Waals surface area (Å²) in [5.41, 5.74) is 0.0549. The van der Waals surface area contributed by atoms with Gasteiger partial charge in [0.2, 0.25) is 0 Å². The number of ketones is 1. The van der Waals surface area contributed by atoms with Crippen LogP contribution >= 0.6 is 0 Å². The predicted octanol–water partition coefficient (Wildman–Crippen LogP) is 5.26. The minimum absolute atomic E-state index is 0.0158. The highest BCUT2D eigenvalue weighted by Gasteiger charge is 2.63. The van der Waals surface area contributed by atoms with Gasteiger partial charge in [0.25, 0.3) is 0 Å². The van der Waals surface area contributed by atoms with Gasteiger partial charge in [-0.2, -0.15) is 0 Å². The zero-order chi connectivity index (χ0) is 22.6. The Hall–Kier alpha value is -1.39. The van der Waals surface area contributed by atoms with Crippen LogP contribution in [-0.2, 0) is 19.1 Å². The zero-order valence-electron chi connectivity index (χ0n) is 19.7. The first-order valence-corrected chi connectivity index (χ1v) is 12.5. The number of ether oxygens (including phenoxy) is 1. The third-order valence-corrected chi connectivity index (χ3v) is 10.2. The number of aliphatic carboxylic acids is 1. The second kappa shape index (κ2) is 8.19. The molecular formula is C26H40O5. The van der Waals surface area contributed by atoms with E-state index in [0.29, 0.717) is 48.2 Å². The Morgan fingerprint density at radius 2 is 1.87 bits per heavy atom. The van der Waals surface area contributed by atoms with Crippen LogP contribution in [0.2, 0.25) is 0 Å². The molecule has 0 aliphatic heterocycles. The van der Waals surface area contributed by atoms with Crippen molar-refractivity contribution in [2.24, 2.45) is 46.3 Å². The summed E-state index contributed by atoms with van der Waals surface area (Å²) in [6.45, 7) is 8.38. The fraction of sp³-hybridized carbons (Fsp3) is 0.885. The van der Waals surface area contributed by atoms with Crippen LogP contribution in [0, 0.1) is 46.3 Å². The second-order valence-corrected chi connectivity index (χ2v) is 11.8. The number of carbonyl (C=O) groups is 3. The molecule has 4 fully saturated rings. The maximum absolute atomic E-state index is 13.8. The van der Waals surface area contributed by atoms with Gasteiger partial charge in [0, 0.05) is 25.7 Å². The minimum atomic E-state index is -0.720. The fourth-order valence-electron chi connectivity index (χ4n) is 8.90. The van der Waals surface area contributed by atoms with Crippen LogP contribution in [-0.4, -0.2) is 28.9 Å². The molecule has 0 aromatic rings. The summed E-state index contributed by atoms with van der Waals surface area (Å²) < 4.78 is 5.55. The normalized spacial score (nSPS) is 45.2. The van der Waals surface area contributed by atoms with E-state index in [4.69, 9.17) is 9.84 Å². The number of carboxylic acids is 1. The molecule has 0 bridgehead atoms. The van der Waals surface area contributed by atoms with E-state index in [0.717, 1.165) is 38.5 Å². The van der Waals surface area contributed by atoms with Crippen molar-refractivity contribution in [2.75, 3.05) is 0 Å². The van der Waals surface area contributed by atoms with Crippen molar-refractivity contribution in [3.8, 4) is 0 Å². The van der Waals surface area contributed by atoms with Crippen LogP contribution in [0.5, 0.6) is 0 Å². The monoisotopic (exact) mass is 432 g/mol. The van der Waals surface area contributed by atoms with Crippen molar-refractivity contribution in [3.63, 3.8) is 0 Å². The SMILES string of the molecule is CC(=O)OC1CC[C@@]2(C)C(CC[C@H]3[C@@H]4CC[C@H]([C@H](C)CCC(=O)O)[C@@]4(C)CC(=O)[C@@H]32)C1. The van der Waals surface area contributed by atoms with E-state index in [1.807, 2.05) is 0 Å². The van der Waals surface area contributed by atoms with Crippen LogP contribution in [0.3, 0.4) is 0 Å². The number of Topliss-reactive ketones (excluding diaryl/α,β-unsaturated/α-hetero) is 1. The van der Waals surface area contributed by atoms with Crippen molar-refractivity contribution >= 4 is 17.7 Å². The molecule has 5 nitrogen and oxygen atoms in total. The summed E-state index contributed by atoms with van der Waals surface area (Å²) in [6.07, 6.45) is 8.93. The number of fused-ring (bicyclic) bond motifs is 5. The van der Waals surface area contributed by atoms with Crippen LogP contribution < -0.4 is 0 Å². The maximum Gasteiger partial charge on any atom is 0.303 e. The molecule has 2 unspecified atom stereocenters. The molecule has 4 aliphatic rings. The number of rotatable bonds is 5. The first kappa shape index (κ1) is 22.8. The van der Waals surface area contributed by atoms with E-state index >= 15 is 0 Å². The summed E-state index contributed by atoms with van der Waals surface area (Å²) in [5.74, 6) is 2.00. The van der Waals surface area contributed by atoms with Crippen LogP contribution in [0.1, 0.15) is 91.9 Å². The highest BCUT2D eigenvalue weighted by atomic mass is 16.5. The van der Waals surface area contributed by atoms with Crippen molar-refractivity contribution in [3.05, 3.63) is 0 Å². The minimum Gasteiger partial charge on any atom is -0.481 e. The van der Waals surface area contributed by atoms with Gasteiger partial charge in [0.1, 0.15) is 11.9 Å². The Morgan fingerprint density at radius 3 is 2.55 bits per heavy atom. The lowest BCUT2D eigenvalue weighted by Gasteiger charge is -2.60.